The number of carbonyl (C=O) groups excluding carboxylic acids is 1. The number of ketones is 1. The monoisotopic (exact) mass is 392 g/mol. The van der Waals surface area contributed by atoms with Gasteiger partial charge in [-0.1, -0.05) is 20.3 Å². The van der Waals surface area contributed by atoms with E-state index in [-0.39, 0.29) is 12.7 Å². The molecule has 1 aliphatic carbocycles. The maximum atomic E-state index is 12.1. The van der Waals surface area contributed by atoms with E-state index in [1.807, 2.05) is 32.9 Å². The highest BCUT2D eigenvalue weighted by molar-refractivity contribution is 5.99. The Morgan fingerprint density at radius 2 is 1.96 bits per heavy atom. The van der Waals surface area contributed by atoms with Crippen LogP contribution in [0.1, 0.15) is 48.0 Å². The van der Waals surface area contributed by atoms with E-state index in [0.717, 1.165) is 6.42 Å². The number of hydrogen-bond acceptors (Lipinski definition) is 6. The van der Waals surface area contributed by atoms with Gasteiger partial charge >= 0.3 is 0 Å². The van der Waals surface area contributed by atoms with Crippen LogP contribution < -0.4 is 0 Å². The van der Waals surface area contributed by atoms with Crippen molar-refractivity contribution in [2.45, 2.75) is 77.2 Å². The topological polar surface area (TPSA) is 85.2 Å². The largest absolute Gasteiger partial charge is 0.493 e. The Morgan fingerprint density at radius 3 is 2.61 bits per heavy atom. The van der Waals surface area contributed by atoms with Crippen LogP contribution in [0.4, 0.5) is 0 Å². The first-order chi connectivity index (χ1) is 12.9. The average Bonchev–Trinajstić information content (AvgIpc) is 2.87. The van der Waals surface area contributed by atoms with Gasteiger partial charge in [-0.3, -0.25) is 4.79 Å². The summed E-state index contributed by atoms with van der Waals surface area (Å²) in [5.74, 6) is -0.697. The van der Waals surface area contributed by atoms with Gasteiger partial charge in [0.1, 0.15) is 11.4 Å². The Labute approximate surface area is 166 Å². The van der Waals surface area contributed by atoms with Gasteiger partial charge in [-0.2, -0.15) is 0 Å². The van der Waals surface area contributed by atoms with Crippen molar-refractivity contribution in [1.29, 1.82) is 0 Å². The molecule has 3 aliphatic rings. The zero-order valence-corrected chi connectivity index (χ0v) is 17.6. The molecule has 2 aliphatic heterocycles. The molecule has 2 heterocycles. The molecule has 0 saturated carbocycles. The molecule has 0 unspecified atom stereocenters. The molecule has 0 aromatic carbocycles. The molecule has 0 spiro atoms. The lowest BCUT2D eigenvalue weighted by atomic mass is 9.75. The van der Waals surface area contributed by atoms with E-state index in [1.165, 1.54) is 13.0 Å². The summed E-state index contributed by atoms with van der Waals surface area (Å²) in [6.45, 7) is 11.6. The molecule has 1 saturated heterocycles. The summed E-state index contributed by atoms with van der Waals surface area (Å²) >= 11 is 0. The van der Waals surface area contributed by atoms with Crippen LogP contribution >= 0.6 is 0 Å². The van der Waals surface area contributed by atoms with E-state index in [1.54, 1.807) is 6.08 Å². The van der Waals surface area contributed by atoms with E-state index < -0.39 is 34.8 Å². The van der Waals surface area contributed by atoms with Gasteiger partial charge in [-0.15, -0.1) is 0 Å². The summed E-state index contributed by atoms with van der Waals surface area (Å²) in [6, 6.07) is 0. The number of fused-ring (bicyclic) bond motifs is 1. The molecule has 6 heteroatoms. The maximum absolute atomic E-state index is 12.1. The highest BCUT2D eigenvalue weighted by Crippen LogP contribution is 2.42. The van der Waals surface area contributed by atoms with Gasteiger partial charge in [0.25, 0.3) is 0 Å². The minimum absolute atomic E-state index is 0.0897. The predicted molar refractivity (Wildman–Crippen MR) is 104 cm³/mol. The van der Waals surface area contributed by atoms with E-state index in [2.05, 4.69) is 13.8 Å². The van der Waals surface area contributed by atoms with Gasteiger partial charge in [0.05, 0.1) is 18.8 Å². The average molecular weight is 392 g/mol. The van der Waals surface area contributed by atoms with Crippen molar-refractivity contribution in [2.75, 3.05) is 6.61 Å². The van der Waals surface area contributed by atoms with Crippen LogP contribution in [0.15, 0.2) is 35.6 Å². The van der Waals surface area contributed by atoms with Crippen LogP contribution in [0.25, 0.3) is 0 Å². The third-order valence-corrected chi connectivity index (χ3v) is 6.10. The van der Waals surface area contributed by atoms with Gasteiger partial charge in [-0.05, 0) is 63.5 Å². The molecule has 0 aromatic heterocycles. The van der Waals surface area contributed by atoms with E-state index in [9.17, 15) is 15.0 Å². The molecule has 156 valence electrons. The van der Waals surface area contributed by atoms with Crippen LogP contribution in [0, 0.1) is 11.8 Å². The summed E-state index contributed by atoms with van der Waals surface area (Å²) < 4.78 is 18.1. The minimum Gasteiger partial charge on any atom is -0.493 e. The highest BCUT2D eigenvalue weighted by atomic mass is 16.8. The van der Waals surface area contributed by atoms with Gasteiger partial charge in [0.2, 0.25) is 0 Å². The van der Waals surface area contributed by atoms with Crippen LogP contribution in [0.3, 0.4) is 0 Å². The Bertz CT molecular complexity index is 731. The Kier molecular flexibility index (Phi) is 5.38. The van der Waals surface area contributed by atoms with Crippen molar-refractivity contribution in [3.05, 3.63) is 35.6 Å². The first kappa shape index (κ1) is 21.2. The van der Waals surface area contributed by atoms with Gasteiger partial charge in [0, 0.05) is 5.92 Å². The van der Waals surface area contributed by atoms with Gasteiger partial charge in [-0.25, -0.2) is 0 Å². The summed E-state index contributed by atoms with van der Waals surface area (Å²) in [7, 11) is 0. The molecule has 0 bridgehead atoms. The molecule has 2 N–H and O–H groups in total. The van der Waals surface area contributed by atoms with Gasteiger partial charge < -0.3 is 24.4 Å². The smallest absolute Gasteiger partial charge is 0.189 e. The number of aliphatic hydroxyl groups is 2. The number of hydrogen-bond donors (Lipinski definition) is 2. The summed E-state index contributed by atoms with van der Waals surface area (Å²) in [6.07, 6.45) is 6.61. The number of aliphatic hydroxyl groups excluding tert-OH is 1. The Morgan fingerprint density at radius 1 is 1.29 bits per heavy atom. The summed E-state index contributed by atoms with van der Waals surface area (Å²) in [5.41, 5.74) is -1.72. The van der Waals surface area contributed by atoms with Crippen LogP contribution in [-0.4, -0.2) is 51.8 Å². The van der Waals surface area contributed by atoms with Gasteiger partial charge in [0.15, 0.2) is 17.2 Å². The molecule has 1 fully saturated rings. The van der Waals surface area contributed by atoms with Crippen molar-refractivity contribution in [3.8, 4) is 0 Å². The number of allylic oxidation sites excluding steroid dienone is 2. The molecule has 0 aromatic rings. The van der Waals surface area contributed by atoms with Crippen LogP contribution in [0.5, 0.6) is 0 Å². The first-order valence-corrected chi connectivity index (χ1v) is 9.98. The lowest BCUT2D eigenvalue weighted by molar-refractivity contribution is -0.156. The second kappa shape index (κ2) is 7.10. The fraction of sp³-hybridized carbons (Fsp3) is 0.682. The summed E-state index contributed by atoms with van der Waals surface area (Å²) in [5, 5.41) is 20.5. The maximum Gasteiger partial charge on any atom is 0.189 e. The normalized spacial score (nSPS) is 41.3. The van der Waals surface area contributed by atoms with E-state index >= 15 is 0 Å². The van der Waals surface area contributed by atoms with Crippen molar-refractivity contribution in [1.82, 2.24) is 0 Å². The van der Waals surface area contributed by atoms with Crippen molar-refractivity contribution < 1.29 is 29.2 Å². The van der Waals surface area contributed by atoms with Crippen LogP contribution in [0.2, 0.25) is 0 Å². The third kappa shape index (κ3) is 3.71. The second-order valence-electron chi connectivity index (χ2n) is 9.01. The van der Waals surface area contributed by atoms with Crippen molar-refractivity contribution in [2.24, 2.45) is 11.8 Å². The molecule has 6 atom stereocenters. The zero-order chi connectivity index (χ0) is 20.9. The number of carbonyl (C=O) groups is 1. The predicted octanol–water partition coefficient (Wildman–Crippen LogP) is 2.65. The summed E-state index contributed by atoms with van der Waals surface area (Å²) in [4.78, 5) is 12.1. The first-order valence-electron chi connectivity index (χ1n) is 9.98. The quantitative estimate of drug-likeness (QED) is 0.765. The van der Waals surface area contributed by atoms with E-state index in [4.69, 9.17) is 14.2 Å². The lowest BCUT2D eigenvalue weighted by Gasteiger charge is -2.39. The van der Waals surface area contributed by atoms with E-state index in [0.29, 0.717) is 17.3 Å². The molecule has 6 nitrogen and oxygen atoms in total. The molecular weight excluding hydrogens is 360 g/mol. The molecule has 0 amide bonds. The van der Waals surface area contributed by atoms with Crippen LogP contribution in [-0.2, 0) is 19.0 Å². The molecule has 0 radical (unpaired) electrons. The fourth-order valence-corrected chi connectivity index (χ4v) is 4.25. The highest BCUT2D eigenvalue weighted by Gasteiger charge is 2.51. The number of ether oxygens (including phenoxy) is 3. The Hall–Kier alpha value is -1.47. The second-order valence-corrected chi connectivity index (χ2v) is 9.01. The van der Waals surface area contributed by atoms with Crippen molar-refractivity contribution >= 4 is 5.78 Å². The standard InChI is InChI=1S/C22H32O6/c1-7-13(2)19-21(5,28-20(3,4)27-19)9-8-15-10-14-11-17(23)22(6,25)18(24)16(14)12-26-15/h8-11,13,16,18-19,24-25H,7,12H2,1-6H3/b9-8+/t13-,16-,18+,19-,21+,22-/m0/s1. The fourth-order valence-electron chi connectivity index (χ4n) is 4.25. The third-order valence-electron chi connectivity index (χ3n) is 6.10. The minimum atomic E-state index is -1.78. The molecule has 28 heavy (non-hydrogen) atoms. The number of rotatable bonds is 4. The lowest BCUT2D eigenvalue weighted by Crippen LogP contribution is -2.54. The molecule has 3 rings (SSSR count). The molecular formula is C22H32O6. The SMILES string of the molecule is CC[C@H](C)[C@@H]1OC(C)(C)O[C@]1(C)/C=C/C1=CC2=CC(=O)[C@](C)(O)[C@H](O)[C@H]2CO1. The Balaban J connectivity index is 1.85. The zero-order valence-electron chi connectivity index (χ0n) is 17.6. The van der Waals surface area contributed by atoms with Crippen molar-refractivity contribution in [3.63, 3.8) is 0 Å².